The van der Waals surface area contributed by atoms with E-state index < -0.39 is 0 Å². The summed E-state index contributed by atoms with van der Waals surface area (Å²) in [6.45, 7) is 0. The highest BCUT2D eigenvalue weighted by Gasteiger charge is 2.19. The Morgan fingerprint density at radius 1 is 1.10 bits per heavy atom. The highest BCUT2D eigenvalue weighted by Crippen LogP contribution is 2.37. The zero-order chi connectivity index (χ0) is 20.9. The number of anilines is 1. The van der Waals surface area contributed by atoms with Crippen LogP contribution in [0.25, 0.3) is 22.0 Å². The van der Waals surface area contributed by atoms with Gasteiger partial charge in [0, 0.05) is 5.56 Å². The third kappa shape index (κ3) is 4.15. The fourth-order valence-electron chi connectivity index (χ4n) is 2.93. The van der Waals surface area contributed by atoms with Crippen LogP contribution in [-0.2, 0) is 11.2 Å². The van der Waals surface area contributed by atoms with E-state index in [9.17, 15) is 4.79 Å². The minimum atomic E-state index is -0.199. The summed E-state index contributed by atoms with van der Waals surface area (Å²) < 4.78 is 15.4. The van der Waals surface area contributed by atoms with Gasteiger partial charge < -0.3 is 19.3 Å². The number of carbonyl (C=O) groups is 1. The number of carbonyl (C=O) groups excluding carboxylic acids is 1. The monoisotopic (exact) mass is 422 g/mol. The van der Waals surface area contributed by atoms with Crippen LogP contribution >= 0.6 is 11.3 Å². The van der Waals surface area contributed by atoms with Crippen molar-refractivity contribution in [2.24, 2.45) is 0 Å². The molecule has 152 valence electrons. The zero-order valence-corrected chi connectivity index (χ0v) is 17.1. The average molecular weight is 422 g/mol. The van der Waals surface area contributed by atoms with Crippen LogP contribution in [-0.4, -0.2) is 35.3 Å². The lowest BCUT2D eigenvalue weighted by molar-refractivity contribution is -0.115. The molecule has 0 aliphatic heterocycles. The van der Waals surface area contributed by atoms with E-state index in [-0.39, 0.29) is 12.3 Å². The molecule has 2 heterocycles. The quantitative estimate of drug-likeness (QED) is 0.479. The van der Waals surface area contributed by atoms with Crippen LogP contribution < -0.4 is 14.8 Å². The van der Waals surface area contributed by atoms with E-state index in [2.05, 4.69) is 20.4 Å². The van der Waals surface area contributed by atoms with E-state index in [0.717, 1.165) is 16.0 Å². The van der Waals surface area contributed by atoms with Gasteiger partial charge in [0.25, 0.3) is 0 Å². The second-order valence-electron chi connectivity index (χ2n) is 6.23. The van der Waals surface area contributed by atoms with Crippen molar-refractivity contribution < 1.29 is 18.8 Å². The minimum Gasteiger partial charge on any atom is -0.493 e. The predicted molar refractivity (Wildman–Crippen MR) is 113 cm³/mol. The maximum atomic E-state index is 12.6. The molecule has 0 spiro atoms. The molecule has 0 bridgehead atoms. The molecule has 0 saturated carbocycles. The standard InChI is InChI=1S/C21H18N4O4S/c1-27-15-9-8-13(10-16(15)28-2)11-17(26)23-21-24-18(14-6-4-3-5-7-14)19(30-21)20-22-12-29-25-20/h3-10,12H,11H2,1-2H3,(H,23,24,26). The number of benzene rings is 2. The van der Waals surface area contributed by atoms with E-state index in [1.165, 1.54) is 17.7 Å². The van der Waals surface area contributed by atoms with E-state index in [1.54, 1.807) is 26.4 Å². The SMILES string of the molecule is COc1ccc(CC(=O)Nc2nc(-c3ccccc3)c(-c3ncon3)s2)cc1OC. The third-order valence-electron chi connectivity index (χ3n) is 4.30. The van der Waals surface area contributed by atoms with Gasteiger partial charge in [-0.1, -0.05) is 52.9 Å². The zero-order valence-electron chi connectivity index (χ0n) is 16.3. The summed E-state index contributed by atoms with van der Waals surface area (Å²) in [5, 5.41) is 7.23. The van der Waals surface area contributed by atoms with E-state index in [0.29, 0.717) is 28.1 Å². The Balaban J connectivity index is 1.57. The number of nitrogens with zero attached hydrogens (tertiary/aromatic N) is 3. The van der Waals surface area contributed by atoms with Crippen molar-refractivity contribution in [1.29, 1.82) is 0 Å². The summed E-state index contributed by atoms with van der Waals surface area (Å²) >= 11 is 1.29. The van der Waals surface area contributed by atoms with Gasteiger partial charge >= 0.3 is 0 Å². The van der Waals surface area contributed by atoms with Gasteiger partial charge in [0.2, 0.25) is 18.1 Å². The first-order valence-corrected chi connectivity index (χ1v) is 9.83. The molecule has 1 N–H and O–H groups in total. The van der Waals surface area contributed by atoms with Gasteiger partial charge in [-0.25, -0.2) is 4.98 Å². The van der Waals surface area contributed by atoms with Crippen molar-refractivity contribution >= 4 is 22.4 Å². The largest absolute Gasteiger partial charge is 0.493 e. The summed E-state index contributed by atoms with van der Waals surface area (Å²) in [4.78, 5) is 22.1. The molecule has 0 saturated heterocycles. The maximum absolute atomic E-state index is 12.6. The van der Waals surface area contributed by atoms with Crippen LogP contribution in [0.1, 0.15) is 5.56 Å². The summed E-state index contributed by atoms with van der Waals surface area (Å²) in [5.41, 5.74) is 2.38. The molecule has 30 heavy (non-hydrogen) atoms. The number of rotatable bonds is 7. The topological polar surface area (TPSA) is 99.4 Å². The molecule has 0 fully saturated rings. The second-order valence-corrected chi connectivity index (χ2v) is 7.23. The molecule has 4 aromatic rings. The first-order valence-electron chi connectivity index (χ1n) is 9.01. The first-order chi connectivity index (χ1) is 14.7. The van der Waals surface area contributed by atoms with Crippen molar-refractivity contribution in [3.8, 4) is 33.5 Å². The Labute approximate surface area is 176 Å². The molecule has 0 radical (unpaired) electrons. The van der Waals surface area contributed by atoms with Crippen LogP contribution in [0, 0.1) is 0 Å². The predicted octanol–water partition coefficient (Wildman–Crippen LogP) is 4.06. The van der Waals surface area contributed by atoms with Gasteiger partial charge in [0.15, 0.2) is 16.6 Å². The van der Waals surface area contributed by atoms with Crippen LogP contribution in [0.3, 0.4) is 0 Å². The van der Waals surface area contributed by atoms with Crippen molar-refractivity contribution in [3.63, 3.8) is 0 Å². The molecule has 0 unspecified atom stereocenters. The number of hydrogen-bond donors (Lipinski definition) is 1. The highest BCUT2D eigenvalue weighted by molar-refractivity contribution is 7.19. The van der Waals surface area contributed by atoms with Crippen molar-refractivity contribution in [3.05, 3.63) is 60.5 Å². The number of hydrogen-bond acceptors (Lipinski definition) is 8. The van der Waals surface area contributed by atoms with Crippen molar-refractivity contribution in [2.75, 3.05) is 19.5 Å². The van der Waals surface area contributed by atoms with Gasteiger partial charge in [0.05, 0.1) is 26.3 Å². The van der Waals surface area contributed by atoms with Gasteiger partial charge in [0.1, 0.15) is 4.88 Å². The van der Waals surface area contributed by atoms with Crippen LogP contribution in [0.2, 0.25) is 0 Å². The van der Waals surface area contributed by atoms with Gasteiger partial charge in [-0.2, -0.15) is 4.98 Å². The number of methoxy groups -OCH3 is 2. The maximum Gasteiger partial charge on any atom is 0.230 e. The Morgan fingerprint density at radius 2 is 1.90 bits per heavy atom. The van der Waals surface area contributed by atoms with Crippen LogP contribution in [0.15, 0.2) is 59.4 Å². The van der Waals surface area contributed by atoms with Gasteiger partial charge in [-0.05, 0) is 17.7 Å². The molecule has 1 amide bonds. The third-order valence-corrected chi connectivity index (χ3v) is 5.26. The number of ether oxygens (including phenoxy) is 2. The Kier molecular flexibility index (Phi) is 5.71. The van der Waals surface area contributed by atoms with Crippen molar-refractivity contribution in [1.82, 2.24) is 15.1 Å². The van der Waals surface area contributed by atoms with Crippen molar-refractivity contribution in [2.45, 2.75) is 6.42 Å². The Bertz CT molecular complexity index is 1140. The molecular formula is C21H18N4O4S. The molecule has 0 aliphatic rings. The summed E-state index contributed by atoms with van der Waals surface area (Å²) in [5.74, 6) is 1.41. The molecular weight excluding hydrogens is 404 g/mol. The Hall–Kier alpha value is -3.72. The second kappa shape index (κ2) is 8.75. The molecule has 4 rings (SSSR count). The number of aromatic nitrogens is 3. The summed E-state index contributed by atoms with van der Waals surface area (Å²) in [6.07, 6.45) is 1.43. The molecule has 0 aliphatic carbocycles. The lowest BCUT2D eigenvalue weighted by atomic mass is 10.1. The normalized spacial score (nSPS) is 10.6. The molecule has 0 atom stereocenters. The highest BCUT2D eigenvalue weighted by atomic mass is 32.1. The lowest BCUT2D eigenvalue weighted by Gasteiger charge is -2.09. The average Bonchev–Trinajstić information content (AvgIpc) is 3.44. The molecule has 8 nitrogen and oxygen atoms in total. The fourth-order valence-corrected chi connectivity index (χ4v) is 3.86. The fraction of sp³-hybridized carbons (Fsp3) is 0.143. The molecule has 2 aromatic heterocycles. The van der Waals surface area contributed by atoms with Crippen LogP contribution in [0.5, 0.6) is 11.5 Å². The Morgan fingerprint density at radius 3 is 2.60 bits per heavy atom. The number of nitrogens with one attached hydrogen (secondary N) is 1. The summed E-state index contributed by atoms with van der Waals surface area (Å²) in [6, 6.07) is 15.0. The van der Waals surface area contributed by atoms with Crippen LogP contribution in [0.4, 0.5) is 5.13 Å². The molecule has 9 heteroatoms. The molecule has 2 aromatic carbocycles. The van der Waals surface area contributed by atoms with Gasteiger partial charge in [-0.3, -0.25) is 4.79 Å². The first kappa shape index (κ1) is 19.6. The number of amides is 1. The van der Waals surface area contributed by atoms with E-state index >= 15 is 0 Å². The number of thiazole rings is 1. The minimum absolute atomic E-state index is 0.165. The lowest BCUT2D eigenvalue weighted by Crippen LogP contribution is -2.14. The van der Waals surface area contributed by atoms with Gasteiger partial charge in [-0.15, -0.1) is 0 Å². The summed E-state index contributed by atoms with van der Waals surface area (Å²) in [7, 11) is 3.13. The van der Waals surface area contributed by atoms with E-state index in [1.807, 2.05) is 36.4 Å². The smallest absolute Gasteiger partial charge is 0.230 e. The van der Waals surface area contributed by atoms with E-state index in [4.69, 9.17) is 14.0 Å².